The maximum absolute atomic E-state index is 12.1. The van der Waals surface area contributed by atoms with Crippen molar-refractivity contribution in [2.24, 2.45) is 0 Å². The molecule has 0 atom stereocenters. The molecule has 0 spiro atoms. The third-order valence-corrected chi connectivity index (χ3v) is 0.895. The van der Waals surface area contributed by atoms with Crippen LogP contribution < -0.4 is 0 Å². The summed E-state index contributed by atoms with van der Waals surface area (Å²) in [5.74, 6) is -0.367. The summed E-state index contributed by atoms with van der Waals surface area (Å²) in [6.07, 6.45) is 0. The predicted molar refractivity (Wildman–Crippen MR) is 38.9 cm³/mol. The molecule has 0 bridgehead atoms. The summed E-state index contributed by atoms with van der Waals surface area (Å²) in [6, 6.07) is 8.04. The molecule has 0 fully saturated rings. The van der Waals surface area contributed by atoms with E-state index in [4.69, 9.17) is 5.26 Å². The van der Waals surface area contributed by atoms with Crippen LogP contribution in [0.2, 0.25) is 0 Å². The minimum atomic E-state index is -0.367. The van der Waals surface area contributed by atoms with Gasteiger partial charge in [-0.05, 0) is 6.07 Å². The Balaban J connectivity index is 0.000000461. The van der Waals surface area contributed by atoms with Crippen LogP contribution in [-0.2, 0) is 16.3 Å². The van der Waals surface area contributed by atoms with Gasteiger partial charge in [0.1, 0.15) is 0 Å². The fourth-order valence-electron chi connectivity index (χ4n) is 0.475. The Hall–Kier alpha value is -0.257. The molecule has 0 aromatic heterocycles. The number of nitriles is 1. The Labute approximate surface area is 81.3 Å². The molecule has 0 amide bonds. The first-order valence-corrected chi connectivity index (χ1v) is 9.62. The minimum absolute atomic E-state index is 0.358. The van der Waals surface area contributed by atoms with Gasteiger partial charge in [0.25, 0.3) is 0 Å². The summed E-state index contributed by atoms with van der Waals surface area (Å²) in [5, 5.41) is 8.22. The molecule has 0 aliphatic heterocycles. The van der Waals surface area contributed by atoms with Crippen LogP contribution in [0.4, 0.5) is 4.39 Å². The van der Waals surface area contributed by atoms with Crippen molar-refractivity contribution in [3.05, 3.63) is 35.6 Å². The molecule has 1 aromatic carbocycles. The normalized spacial score (nSPS) is 7.55. The second kappa shape index (κ2) is 6.45. The number of nitrogens with zero attached hydrogens (tertiary/aromatic N) is 1. The van der Waals surface area contributed by atoms with Gasteiger partial charge in [-0.25, -0.2) is 0 Å². The van der Waals surface area contributed by atoms with Crippen molar-refractivity contribution in [1.82, 2.24) is 0 Å². The van der Waals surface area contributed by atoms with E-state index in [-0.39, 0.29) is 5.82 Å². The van der Waals surface area contributed by atoms with Crippen LogP contribution in [0.1, 0.15) is 5.56 Å². The Morgan fingerprint density at radius 3 is 2.55 bits per heavy atom. The second-order valence-electron chi connectivity index (χ2n) is 1.53. The van der Waals surface area contributed by atoms with E-state index in [0.717, 1.165) is 6.07 Å². The molecule has 1 nitrogen and oxygen atoms in total. The molecule has 52 valence electrons. The van der Waals surface area contributed by atoms with Crippen LogP contribution in [0, 0.1) is 23.2 Å². The Bertz CT molecular complexity index is 242. The zero-order valence-electron chi connectivity index (χ0n) is 5.64. The first-order valence-electron chi connectivity index (χ1n) is 2.67. The zero-order chi connectivity index (χ0) is 8.69. The van der Waals surface area contributed by atoms with Crippen molar-refractivity contribution in [2.45, 2.75) is 0 Å². The molecule has 0 saturated heterocycles. The van der Waals surface area contributed by atoms with Gasteiger partial charge >= 0.3 is 30.0 Å². The SMILES string of the molecule is N#Cc1[c-]cc(F)cc1.[Zn+][Br]. The van der Waals surface area contributed by atoms with E-state index in [1.54, 1.807) is 0 Å². The van der Waals surface area contributed by atoms with Gasteiger partial charge in [-0.3, -0.25) is 9.65 Å². The van der Waals surface area contributed by atoms with Crippen molar-refractivity contribution in [3.8, 4) is 6.07 Å². The molecule has 0 radical (unpaired) electrons. The fraction of sp³-hybridized carbons (Fsp3) is 0. The Morgan fingerprint density at radius 2 is 2.18 bits per heavy atom. The van der Waals surface area contributed by atoms with E-state index in [1.807, 2.05) is 6.07 Å². The predicted octanol–water partition coefficient (Wildman–Crippen LogP) is 2.34. The number of benzene rings is 1. The van der Waals surface area contributed by atoms with Gasteiger partial charge in [0.05, 0.1) is 0 Å². The number of halogens is 2. The van der Waals surface area contributed by atoms with Gasteiger partial charge in [0, 0.05) is 5.82 Å². The Morgan fingerprint density at radius 1 is 1.55 bits per heavy atom. The van der Waals surface area contributed by atoms with Gasteiger partial charge in [0.2, 0.25) is 0 Å². The van der Waals surface area contributed by atoms with Crippen LogP contribution in [0.3, 0.4) is 0 Å². The number of rotatable bonds is 0. The zero-order valence-corrected chi connectivity index (χ0v) is 10.2. The molecule has 0 aliphatic carbocycles. The first kappa shape index (κ1) is 10.7. The average molecular weight is 265 g/mol. The summed E-state index contributed by atoms with van der Waals surface area (Å²) in [6.45, 7) is 0. The quantitative estimate of drug-likeness (QED) is 0.522. The molecule has 1 aromatic rings. The maximum atomic E-state index is 12.1. The van der Waals surface area contributed by atoms with Crippen molar-refractivity contribution >= 4 is 13.6 Å². The molecule has 0 unspecified atom stereocenters. The molecule has 0 aliphatic rings. The molecule has 0 N–H and O–H groups in total. The van der Waals surface area contributed by atoms with Crippen molar-refractivity contribution in [3.63, 3.8) is 0 Å². The second-order valence-corrected chi connectivity index (χ2v) is 1.53. The summed E-state index contributed by atoms with van der Waals surface area (Å²) in [7, 11) is 0. The fourth-order valence-corrected chi connectivity index (χ4v) is 0.475. The molecule has 1 rings (SSSR count). The third kappa shape index (κ3) is 4.24. The molecule has 0 saturated carbocycles. The van der Waals surface area contributed by atoms with E-state index in [1.165, 1.54) is 28.5 Å². The van der Waals surface area contributed by atoms with Crippen LogP contribution in [0.25, 0.3) is 0 Å². The molecule has 4 heteroatoms. The Kier molecular flexibility index (Phi) is 6.30. The van der Waals surface area contributed by atoms with E-state index in [2.05, 4.69) is 19.7 Å². The first-order chi connectivity index (χ1) is 5.33. The topological polar surface area (TPSA) is 23.8 Å². The number of hydrogen-bond donors (Lipinski definition) is 0. The van der Waals surface area contributed by atoms with Crippen molar-refractivity contribution in [2.75, 3.05) is 0 Å². The van der Waals surface area contributed by atoms with Gasteiger partial charge in [-0.2, -0.15) is 0 Å². The summed E-state index contributed by atoms with van der Waals surface area (Å²) >= 11 is 4.25. The molecular weight excluding hydrogens is 262 g/mol. The van der Waals surface area contributed by atoms with Crippen LogP contribution in [0.15, 0.2) is 18.2 Å². The molecule has 11 heavy (non-hydrogen) atoms. The van der Waals surface area contributed by atoms with E-state index in [0.29, 0.717) is 5.56 Å². The van der Waals surface area contributed by atoms with Gasteiger partial charge in [0.15, 0.2) is 0 Å². The summed E-state index contributed by atoms with van der Waals surface area (Å²) in [5.41, 5.74) is 0.358. The van der Waals surface area contributed by atoms with Gasteiger partial charge < -0.3 is 0 Å². The van der Waals surface area contributed by atoms with Crippen molar-refractivity contribution in [1.29, 1.82) is 5.26 Å². The average Bonchev–Trinajstić information content (AvgIpc) is 2.10. The van der Waals surface area contributed by atoms with Crippen molar-refractivity contribution < 1.29 is 20.7 Å². The number of hydrogen-bond acceptors (Lipinski definition) is 1. The van der Waals surface area contributed by atoms with Gasteiger partial charge in [-0.15, -0.1) is 24.3 Å². The summed E-state index contributed by atoms with van der Waals surface area (Å²) in [4.78, 5) is 0. The van der Waals surface area contributed by atoms with Gasteiger partial charge in [-0.1, -0.05) is 5.56 Å². The van der Waals surface area contributed by atoms with Crippen LogP contribution in [0.5, 0.6) is 0 Å². The summed E-state index contributed by atoms with van der Waals surface area (Å²) < 4.78 is 12.1. The third-order valence-electron chi connectivity index (χ3n) is 0.895. The van der Waals surface area contributed by atoms with E-state index < -0.39 is 0 Å². The molecule has 0 heterocycles. The van der Waals surface area contributed by atoms with Crippen LogP contribution in [-0.4, -0.2) is 0 Å². The van der Waals surface area contributed by atoms with E-state index in [9.17, 15) is 4.39 Å². The standard InChI is InChI=1S/C7H3FN.BrH.Zn/c8-7-3-1-6(5-9)2-4-7;;/h1,3-4H;1H;/q-1;;+2/p-1. The molecular formula is C7H3BrFNZn. The van der Waals surface area contributed by atoms with E-state index >= 15 is 0 Å². The monoisotopic (exact) mass is 263 g/mol. The van der Waals surface area contributed by atoms with Crippen LogP contribution >= 0.6 is 13.6 Å².